The van der Waals surface area contributed by atoms with E-state index in [1.165, 1.54) is 0 Å². The van der Waals surface area contributed by atoms with Gasteiger partial charge in [-0.15, -0.1) is 0 Å². The molecular weight excluding hydrogens is 364 g/mol. The number of ether oxygens (including phenoxy) is 1. The molecule has 6 nitrogen and oxygen atoms in total. The lowest BCUT2D eigenvalue weighted by atomic mass is 9.99. The van der Waals surface area contributed by atoms with E-state index >= 15 is 0 Å². The van der Waals surface area contributed by atoms with Crippen LogP contribution in [0.25, 0.3) is 0 Å². The van der Waals surface area contributed by atoms with Crippen molar-refractivity contribution >= 4 is 16.1 Å². The number of carbonyl (C=O) groups excluding carboxylic acids is 1. The van der Waals surface area contributed by atoms with Crippen LogP contribution < -0.4 is 0 Å². The van der Waals surface area contributed by atoms with E-state index in [9.17, 15) is 13.2 Å². The first-order valence-corrected chi connectivity index (χ1v) is 11.1. The van der Waals surface area contributed by atoms with E-state index in [2.05, 4.69) is 0 Å². The summed E-state index contributed by atoms with van der Waals surface area (Å²) < 4.78 is 32.7. The van der Waals surface area contributed by atoms with E-state index < -0.39 is 15.6 Å². The number of nitrogens with zero attached hydrogens (tertiary/aromatic N) is 2. The summed E-state index contributed by atoms with van der Waals surface area (Å²) in [4.78, 5) is 13.7. The summed E-state index contributed by atoms with van der Waals surface area (Å²) in [6.07, 6.45) is 1.34. The highest BCUT2D eigenvalue weighted by Gasteiger charge is 2.31. The van der Waals surface area contributed by atoms with Crippen molar-refractivity contribution in [3.8, 4) is 0 Å². The molecule has 0 N–H and O–H groups in total. The largest absolute Gasteiger partial charge is 0.444 e. The Morgan fingerprint density at radius 1 is 1.30 bits per heavy atom. The smallest absolute Gasteiger partial charge is 0.410 e. The molecule has 1 amide bonds. The minimum Gasteiger partial charge on any atom is -0.444 e. The molecule has 0 saturated carbocycles. The van der Waals surface area contributed by atoms with E-state index in [1.54, 1.807) is 16.3 Å². The van der Waals surface area contributed by atoms with Crippen molar-refractivity contribution in [2.24, 2.45) is 5.92 Å². The van der Waals surface area contributed by atoms with Crippen LogP contribution in [0.2, 0.25) is 0 Å². The summed E-state index contributed by atoms with van der Waals surface area (Å²) in [5.41, 5.74) is 1.28. The van der Waals surface area contributed by atoms with Gasteiger partial charge in [0.15, 0.2) is 0 Å². The lowest BCUT2D eigenvalue weighted by Gasteiger charge is -2.34. The van der Waals surface area contributed by atoms with Gasteiger partial charge in [-0.1, -0.05) is 24.3 Å². The van der Waals surface area contributed by atoms with Gasteiger partial charge in [-0.2, -0.15) is 0 Å². The van der Waals surface area contributed by atoms with Crippen LogP contribution in [0.3, 0.4) is 0 Å². The van der Waals surface area contributed by atoms with E-state index in [1.807, 2.05) is 52.0 Å². The van der Waals surface area contributed by atoms with Crippen LogP contribution >= 0.6 is 0 Å². The number of sulfonamides is 1. The first-order chi connectivity index (χ1) is 12.5. The highest BCUT2D eigenvalue weighted by atomic mass is 32.2. The first-order valence-electron chi connectivity index (χ1n) is 9.44. The third kappa shape index (κ3) is 6.50. The van der Waals surface area contributed by atoms with Gasteiger partial charge in [0.2, 0.25) is 10.0 Å². The number of piperidine rings is 1. The molecule has 0 bridgehead atoms. The third-order valence-electron chi connectivity index (χ3n) is 4.71. The summed E-state index contributed by atoms with van der Waals surface area (Å²) in [6, 6.07) is 7.58. The molecule has 0 spiro atoms. The van der Waals surface area contributed by atoms with Crippen LogP contribution in [0, 0.1) is 12.8 Å². The molecule has 1 saturated heterocycles. The summed E-state index contributed by atoms with van der Waals surface area (Å²) >= 11 is 0. The normalized spacial score (nSPS) is 18.9. The Bertz CT molecular complexity index is 755. The molecule has 1 unspecified atom stereocenters. The van der Waals surface area contributed by atoms with Gasteiger partial charge in [0.05, 0.1) is 5.75 Å². The molecule has 0 aromatic heterocycles. The molecule has 1 fully saturated rings. The van der Waals surface area contributed by atoms with Crippen LogP contribution in [-0.4, -0.2) is 56.0 Å². The highest BCUT2D eigenvalue weighted by molar-refractivity contribution is 7.88. The van der Waals surface area contributed by atoms with Gasteiger partial charge in [0, 0.05) is 26.7 Å². The summed E-state index contributed by atoms with van der Waals surface area (Å²) in [7, 11) is -1.67. The summed E-state index contributed by atoms with van der Waals surface area (Å²) in [5, 5.41) is 0. The molecular formula is C20H32N2O4S. The number of aryl methyl sites for hydroxylation is 1. The standard InChI is InChI=1S/C20H32N2O4S/c1-16-9-6-7-11-18(16)15-27(24,25)22-12-8-10-17(14-22)13-21(5)19(23)26-20(2,3)4/h6-7,9,11,17H,8,10,12-15H2,1-5H3. The van der Waals surface area contributed by atoms with Crippen molar-refractivity contribution < 1.29 is 17.9 Å². The molecule has 1 aliphatic heterocycles. The molecule has 152 valence electrons. The summed E-state index contributed by atoms with van der Waals surface area (Å²) in [5.74, 6) is 0.136. The van der Waals surface area contributed by atoms with Gasteiger partial charge in [-0.05, 0) is 57.6 Å². The Hall–Kier alpha value is -1.60. The zero-order chi connectivity index (χ0) is 20.2. The lowest BCUT2D eigenvalue weighted by molar-refractivity contribution is 0.0258. The van der Waals surface area contributed by atoms with Crippen molar-refractivity contribution in [3.63, 3.8) is 0 Å². The molecule has 27 heavy (non-hydrogen) atoms. The topological polar surface area (TPSA) is 66.9 Å². The van der Waals surface area contributed by atoms with Crippen LogP contribution in [0.4, 0.5) is 4.79 Å². The number of rotatable bonds is 5. The van der Waals surface area contributed by atoms with Crippen LogP contribution in [0.5, 0.6) is 0 Å². The fourth-order valence-corrected chi connectivity index (χ4v) is 5.03. The molecule has 0 aliphatic carbocycles. The highest BCUT2D eigenvalue weighted by Crippen LogP contribution is 2.23. The molecule has 1 aromatic carbocycles. The summed E-state index contributed by atoms with van der Waals surface area (Å²) in [6.45, 7) is 8.91. The van der Waals surface area contributed by atoms with Gasteiger partial charge in [-0.25, -0.2) is 17.5 Å². The monoisotopic (exact) mass is 396 g/mol. The van der Waals surface area contributed by atoms with Gasteiger partial charge < -0.3 is 9.64 Å². The average Bonchev–Trinajstić information content (AvgIpc) is 2.55. The number of hydrogen-bond donors (Lipinski definition) is 0. The second-order valence-electron chi connectivity index (χ2n) is 8.41. The molecule has 1 aromatic rings. The third-order valence-corrected chi connectivity index (χ3v) is 6.51. The van der Waals surface area contributed by atoms with Crippen LogP contribution in [0.1, 0.15) is 44.7 Å². The fraction of sp³-hybridized carbons (Fsp3) is 0.650. The predicted octanol–water partition coefficient (Wildman–Crippen LogP) is 3.40. The van der Waals surface area contributed by atoms with Crippen molar-refractivity contribution in [2.75, 3.05) is 26.7 Å². The maximum absolute atomic E-state index is 12.9. The predicted molar refractivity (Wildman–Crippen MR) is 107 cm³/mol. The maximum atomic E-state index is 12.9. The van der Waals surface area contributed by atoms with Gasteiger partial charge in [0.25, 0.3) is 0 Å². The second-order valence-corrected chi connectivity index (χ2v) is 10.4. The van der Waals surface area contributed by atoms with E-state index in [-0.39, 0.29) is 17.8 Å². The van der Waals surface area contributed by atoms with Gasteiger partial charge in [0.1, 0.15) is 5.60 Å². The van der Waals surface area contributed by atoms with E-state index in [4.69, 9.17) is 4.74 Å². The van der Waals surface area contributed by atoms with Crippen molar-refractivity contribution in [2.45, 2.75) is 51.9 Å². The van der Waals surface area contributed by atoms with Crippen molar-refractivity contribution in [1.29, 1.82) is 0 Å². The van der Waals surface area contributed by atoms with E-state index in [0.29, 0.717) is 19.6 Å². The Kier molecular flexibility index (Phi) is 6.92. The zero-order valence-electron chi connectivity index (χ0n) is 17.1. The maximum Gasteiger partial charge on any atom is 0.410 e. The average molecular weight is 397 g/mol. The Labute approximate surface area is 163 Å². The first kappa shape index (κ1) is 21.7. The molecule has 1 aliphatic rings. The molecule has 0 radical (unpaired) electrons. The van der Waals surface area contributed by atoms with Crippen LogP contribution in [-0.2, 0) is 20.5 Å². The van der Waals surface area contributed by atoms with E-state index in [0.717, 1.165) is 24.0 Å². The molecule has 2 rings (SSSR count). The number of amides is 1. The Morgan fingerprint density at radius 2 is 1.96 bits per heavy atom. The van der Waals surface area contributed by atoms with Gasteiger partial charge in [-0.3, -0.25) is 0 Å². The van der Waals surface area contributed by atoms with Crippen molar-refractivity contribution in [3.05, 3.63) is 35.4 Å². The molecule has 1 atom stereocenters. The quantitative estimate of drug-likeness (QED) is 0.765. The zero-order valence-corrected chi connectivity index (χ0v) is 17.9. The Morgan fingerprint density at radius 3 is 2.59 bits per heavy atom. The fourth-order valence-electron chi connectivity index (χ4n) is 3.29. The lowest BCUT2D eigenvalue weighted by Crippen LogP contribution is -2.45. The number of benzene rings is 1. The van der Waals surface area contributed by atoms with Gasteiger partial charge >= 0.3 is 6.09 Å². The molecule has 7 heteroatoms. The minimum absolute atomic E-state index is 0.0221. The van der Waals surface area contributed by atoms with Crippen LogP contribution in [0.15, 0.2) is 24.3 Å². The Balaban J connectivity index is 1.98. The number of hydrogen-bond acceptors (Lipinski definition) is 4. The molecule has 1 heterocycles. The minimum atomic E-state index is -3.38. The van der Waals surface area contributed by atoms with Crippen molar-refractivity contribution in [1.82, 2.24) is 9.21 Å². The second kappa shape index (κ2) is 8.61. The SMILES string of the molecule is Cc1ccccc1CS(=O)(=O)N1CCCC(CN(C)C(=O)OC(C)(C)C)C1. The number of carbonyl (C=O) groups is 1.